The molecule has 59 heavy (non-hydrogen) atoms. The van der Waals surface area contributed by atoms with Gasteiger partial charge in [-0.1, -0.05) is 41.6 Å². The number of hydrogen-bond acceptors (Lipinski definition) is 13. The van der Waals surface area contributed by atoms with Crippen molar-refractivity contribution in [2.24, 2.45) is 7.05 Å². The van der Waals surface area contributed by atoms with Gasteiger partial charge < -0.3 is 46.5 Å². The van der Waals surface area contributed by atoms with Gasteiger partial charge in [-0.2, -0.15) is 9.97 Å². The predicted molar refractivity (Wildman–Crippen MR) is 216 cm³/mol. The van der Waals surface area contributed by atoms with Gasteiger partial charge in [0.1, 0.15) is 6.04 Å². The van der Waals surface area contributed by atoms with Gasteiger partial charge in [0.15, 0.2) is 17.0 Å². The van der Waals surface area contributed by atoms with Crippen LogP contribution >= 0.6 is 11.6 Å². The molecule has 300 valence electrons. The number of anilines is 4. The third-order valence-corrected chi connectivity index (χ3v) is 9.20. The van der Waals surface area contributed by atoms with Gasteiger partial charge in [0.2, 0.25) is 5.95 Å². The molecule has 0 saturated heterocycles. The van der Waals surface area contributed by atoms with Crippen LogP contribution in [0.3, 0.4) is 0 Å². The summed E-state index contributed by atoms with van der Waals surface area (Å²) < 4.78 is 1.29. The Balaban J connectivity index is 0.000000265. The first-order valence-electron chi connectivity index (χ1n) is 17.6. The Bertz CT molecular complexity index is 2580. The number of aromatic nitrogens is 5. The molecular weight excluding hydrogens is 795 g/mol. The van der Waals surface area contributed by atoms with Crippen LogP contribution in [0.2, 0.25) is 5.02 Å². The second kappa shape index (κ2) is 19.9. The van der Waals surface area contributed by atoms with Crippen molar-refractivity contribution in [1.29, 1.82) is 0 Å². The maximum atomic E-state index is 13.0. The molecule has 0 spiro atoms. The fraction of sp³-hybridized carbons (Fsp3) is 0.205. The zero-order valence-corrected chi connectivity index (χ0v) is 35.2. The van der Waals surface area contributed by atoms with Crippen LogP contribution in [0.25, 0.3) is 22.1 Å². The Morgan fingerprint density at radius 3 is 2.25 bits per heavy atom. The molecule has 0 bridgehead atoms. The molecule has 6 rings (SSSR count). The molecule has 0 aliphatic heterocycles. The number of aryl methyl sites for hydroxylation is 1. The monoisotopic (exact) mass is 832 g/mol. The number of amides is 2. The molecule has 3 aromatic heterocycles. The molecule has 0 aliphatic carbocycles. The molecule has 20 heteroatoms. The smallest absolute Gasteiger partial charge is 0.871 e. The zero-order chi connectivity index (χ0) is 42.3. The van der Waals surface area contributed by atoms with Gasteiger partial charge in [0.05, 0.1) is 29.5 Å². The number of carboxylic acids is 2. The summed E-state index contributed by atoms with van der Waals surface area (Å²) in [5.74, 6) is -4.17. The normalized spacial score (nSPS) is 11.1. The van der Waals surface area contributed by atoms with Crippen molar-refractivity contribution in [3.05, 3.63) is 111 Å². The summed E-state index contributed by atoms with van der Waals surface area (Å²) in [4.78, 5) is 79.8. The molecule has 0 fully saturated rings. The number of aliphatic carboxylic acids is 2. The standard InChI is InChI=1S/C20H22N8O5.C19H17ClN2O3.Na/c1-28(9-11-8-23-17-15(24-11)16(21)26-20(22)27-17)12-4-2-10(3-5-12)18(31)25-13(19(32)33)6-7-14(29)30;1-3-22(12-8-5-4-6-9-12)19(25)16-17(23)15-13(20)10-7-11-14(15)21(2)18(16)24;/h2-5,8,13H,6-7,9H2,1H3,(H,25,31)(H,29,30)(H,32,33)(H4,21,22,23,26,27);4-11,23H,3H2,1-2H3;/q;;+1/p-1/t13-;;/m0../s1. The van der Waals surface area contributed by atoms with E-state index in [0.29, 0.717) is 41.2 Å². The number of nitrogens with zero attached hydrogens (tertiary/aromatic N) is 7. The average molecular weight is 833 g/mol. The van der Waals surface area contributed by atoms with Gasteiger partial charge in [0, 0.05) is 54.4 Å². The van der Waals surface area contributed by atoms with Crippen LogP contribution in [0.15, 0.2) is 83.8 Å². The van der Waals surface area contributed by atoms with Gasteiger partial charge in [-0.15, -0.1) is 0 Å². The summed E-state index contributed by atoms with van der Waals surface area (Å²) in [7, 11) is 3.34. The second-order valence-corrected chi connectivity index (χ2v) is 13.2. The number of para-hydroxylation sites is 1. The van der Waals surface area contributed by atoms with Crippen molar-refractivity contribution in [3.8, 4) is 5.75 Å². The number of nitrogens with one attached hydrogen (secondary N) is 1. The third kappa shape index (κ3) is 10.6. The predicted octanol–water partition coefficient (Wildman–Crippen LogP) is 0.205. The quantitative estimate of drug-likeness (QED) is 0.103. The van der Waals surface area contributed by atoms with Gasteiger partial charge in [0.25, 0.3) is 17.4 Å². The number of rotatable bonds is 12. The summed E-state index contributed by atoms with van der Waals surface area (Å²) in [6.45, 7) is 2.48. The fourth-order valence-electron chi connectivity index (χ4n) is 5.92. The number of benzene rings is 3. The number of halogens is 1. The van der Waals surface area contributed by atoms with Gasteiger partial charge in [-0.05, 0) is 61.9 Å². The maximum Gasteiger partial charge on any atom is 1.00 e. The average Bonchev–Trinajstić information content (AvgIpc) is 3.19. The first-order valence-corrected chi connectivity index (χ1v) is 17.9. The molecule has 0 unspecified atom stereocenters. The summed E-state index contributed by atoms with van der Waals surface area (Å²) in [6.07, 6.45) is 0.964. The summed E-state index contributed by atoms with van der Waals surface area (Å²) >= 11 is 6.15. The van der Waals surface area contributed by atoms with Crippen molar-refractivity contribution in [2.45, 2.75) is 32.4 Å². The van der Waals surface area contributed by atoms with Crippen LogP contribution in [0, 0.1) is 0 Å². The second-order valence-electron chi connectivity index (χ2n) is 12.8. The van der Waals surface area contributed by atoms with Crippen molar-refractivity contribution < 1.29 is 64.1 Å². The van der Waals surface area contributed by atoms with Crippen molar-refractivity contribution in [2.75, 3.05) is 34.9 Å². The number of nitrogen functional groups attached to an aromatic ring is 2. The maximum absolute atomic E-state index is 13.0. The Labute approximate surface area is 363 Å². The Hall–Kier alpha value is -6.34. The summed E-state index contributed by atoms with van der Waals surface area (Å²) in [6, 6.07) is 18.9. The van der Waals surface area contributed by atoms with Crippen LogP contribution in [-0.2, 0) is 23.2 Å². The SMILES string of the molecule is CCN(C(=O)c1c([O-])c2c(Cl)cccc2n(C)c1=O)c1ccccc1.CN(Cc1cnc2nc(N)nc(N)c2n1)c1ccc(C(=O)N[C@@H](CCC(=O)O)C(=O)O)cc1.[Na+]. The van der Waals surface area contributed by atoms with E-state index in [1.165, 1.54) is 28.6 Å². The minimum absolute atomic E-state index is 0. The molecule has 1 atom stereocenters. The van der Waals surface area contributed by atoms with Crippen molar-refractivity contribution >= 4 is 80.6 Å². The number of nitrogens with two attached hydrogens (primary N) is 2. The number of carbonyl (C=O) groups excluding carboxylic acids is 2. The number of carbonyl (C=O) groups is 4. The molecular formula is C39H38ClN10NaO8. The van der Waals surface area contributed by atoms with Crippen LogP contribution < -0.4 is 66.8 Å². The van der Waals surface area contributed by atoms with Crippen molar-refractivity contribution in [1.82, 2.24) is 29.8 Å². The first kappa shape index (κ1) is 45.4. The molecule has 6 aromatic rings. The number of fused-ring (bicyclic) bond motifs is 2. The zero-order valence-electron chi connectivity index (χ0n) is 32.4. The molecule has 7 N–H and O–H groups in total. The van der Waals surface area contributed by atoms with E-state index >= 15 is 0 Å². The molecule has 0 radical (unpaired) electrons. The largest absolute Gasteiger partial charge is 1.00 e. The molecule has 2 amide bonds. The van der Waals surface area contributed by atoms with E-state index in [9.17, 15) is 34.2 Å². The van der Waals surface area contributed by atoms with E-state index in [4.69, 9.17) is 28.2 Å². The third-order valence-electron chi connectivity index (χ3n) is 8.89. The van der Waals surface area contributed by atoms with Gasteiger partial charge in [-0.3, -0.25) is 19.2 Å². The number of pyridine rings is 1. The van der Waals surface area contributed by atoms with Crippen LogP contribution in [0.4, 0.5) is 23.1 Å². The minimum atomic E-state index is -1.30. The minimum Gasteiger partial charge on any atom is -0.871 e. The Morgan fingerprint density at radius 2 is 1.63 bits per heavy atom. The van der Waals surface area contributed by atoms with Crippen LogP contribution in [0.1, 0.15) is 46.2 Å². The molecule has 0 saturated carbocycles. The van der Waals surface area contributed by atoms with E-state index in [0.717, 1.165) is 5.69 Å². The van der Waals surface area contributed by atoms with E-state index < -0.39 is 46.7 Å². The molecule has 3 heterocycles. The number of hydrogen-bond donors (Lipinski definition) is 5. The number of carboxylic acid groups (broad SMARTS) is 2. The van der Waals surface area contributed by atoms with Gasteiger partial charge in [-0.25, -0.2) is 14.8 Å². The fourth-order valence-corrected chi connectivity index (χ4v) is 6.17. The summed E-state index contributed by atoms with van der Waals surface area (Å²) in [5.41, 5.74) is 13.7. The topological polar surface area (TPSA) is 276 Å². The Morgan fingerprint density at radius 1 is 0.949 bits per heavy atom. The van der Waals surface area contributed by atoms with E-state index in [2.05, 4.69) is 25.3 Å². The van der Waals surface area contributed by atoms with E-state index in [1.54, 1.807) is 67.7 Å². The summed E-state index contributed by atoms with van der Waals surface area (Å²) in [5, 5.41) is 33.5. The van der Waals surface area contributed by atoms with Crippen LogP contribution in [0.5, 0.6) is 5.75 Å². The van der Waals surface area contributed by atoms with Crippen LogP contribution in [-0.4, -0.2) is 78.1 Å². The molecule has 18 nitrogen and oxygen atoms in total. The first-order chi connectivity index (χ1) is 27.6. The van der Waals surface area contributed by atoms with Crippen molar-refractivity contribution in [3.63, 3.8) is 0 Å². The van der Waals surface area contributed by atoms with Gasteiger partial charge >= 0.3 is 41.5 Å². The van der Waals surface area contributed by atoms with E-state index in [-0.39, 0.29) is 70.1 Å². The van der Waals surface area contributed by atoms with E-state index in [1.807, 2.05) is 18.0 Å². The molecule has 3 aromatic carbocycles. The Kier molecular flexibility index (Phi) is 15.3. The molecule has 0 aliphatic rings.